The third kappa shape index (κ3) is 3.44. The number of amides is 1. The molecule has 5 N–H and O–H groups in total. The predicted molar refractivity (Wildman–Crippen MR) is 78.8 cm³/mol. The predicted octanol–water partition coefficient (Wildman–Crippen LogP) is 1.92. The minimum absolute atomic E-state index is 0.0730. The third-order valence-corrected chi connectivity index (χ3v) is 2.83. The SMILES string of the molecule is N=C(N)c1ccc(C(=O)Nc2cccc(C(=O)O)c2)cc1. The molecular weight excluding hydrogens is 270 g/mol. The zero-order valence-corrected chi connectivity index (χ0v) is 11.0. The molecule has 0 aliphatic carbocycles. The van der Waals surface area contributed by atoms with Gasteiger partial charge in [-0.05, 0) is 30.3 Å². The van der Waals surface area contributed by atoms with E-state index >= 15 is 0 Å². The van der Waals surface area contributed by atoms with Crippen molar-refractivity contribution in [3.8, 4) is 0 Å². The van der Waals surface area contributed by atoms with Crippen LogP contribution in [0.3, 0.4) is 0 Å². The number of hydrogen-bond acceptors (Lipinski definition) is 3. The first-order chi connectivity index (χ1) is 9.97. The Morgan fingerprint density at radius 1 is 1.00 bits per heavy atom. The summed E-state index contributed by atoms with van der Waals surface area (Å²) in [5.74, 6) is -1.50. The Balaban J connectivity index is 2.16. The normalized spacial score (nSPS) is 9.90. The van der Waals surface area contributed by atoms with E-state index in [4.69, 9.17) is 16.2 Å². The van der Waals surface area contributed by atoms with Gasteiger partial charge >= 0.3 is 5.97 Å². The van der Waals surface area contributed by atoms with Crippen LogP contribution in [0.1, 0.15) is 26.3 Å². The maximum absolute atomic E-state index is 12.0. The minimum Gasteiger partial charge on any atom is -0.478 e. The monoisotopic (exact) mass is 283 g/mol. The van der Waals surface area contributed by atoms with E-state index in [1.165, 1.54) is 12.1 Å². The Morgan fingerprint density at radius 2 is 1.62 bits per heavy atom. The molecule has 2 aromatic rings. The highest BCUT2D eigenvalue weighted by molar-refractivity contribution is 6.05. The van der Waals surface area contributed by atoms with E-state index < -0.39 is 5.97 Å². The van der Waals surface area contributed by atoms with Gasteiger partial charge < -0.3 is 16.2 Å². The Labute approximate surface area is 120 Å². The Hall–Kier alpha value is -3.15. The molecule has 0 heterocycles. The summed E-state index contributed by atoms with van der Waals surface area (Å²) in [5.41, 5.74) is 6.75. The van der Waals surface area contributed by atoms with Crippen molar-refractivity contribution in [2.45, 2.75) is 0 Å². The summed E-state index contributed by atoms with van der Waals surface area (Å²) in [7, 11) is 0. The van der Waals surface area contributed by atoms with Crippen molar-refractivity contribution in [3.05, 3.63) is 65.2 Å². The fraction of sp³-hybridized carbons (Fsp3) is 0. The maximum atomic E-state index is 12.0. The molecule has 6 nitrogen and oxygen atoms in total. The molecule has 0 spiro atoms. The van der Waals surface area contributed by atoms with Gasteiger partial charge in [-0.25, -0.2) is 4.79 Å². The fourth-order valence-electron chi connectivity index (χ4n) is 1.73. The summed E-state index contributed by atoms with van der Waals surface area (Å²) in [6.45, 7) is 0. The second kappa shape index (κ2) is 5.87. The van der Waals surface area contributed by atoms with Gasteiger partial charge in [0.25, 0.3) is 5.91 Å². The molecule has 2 rings (SSSR count). The molecule has 0 saturated heterocycles. The number of hydrogen-bond donors (Lipinski definition) is 4. The number of nitrogens with one attached hydrogen (secondary N) is 2. The van der Waals surface area contributed by atoms with Gasteiger partial charge in [0.1, 0.15) is 5.84 Å². The second-order valence-corrected chi connectivity index (χ2v) is 4.33. The number of carbonyl (C=O) groups is 2. The van der Waals surface area contributed by atoms with Crippen molar-refractivity contribution < 1.29 is 14.7 Å². The largest absolute Gasteiger partial charge is 0.478 e. The smallest absolute Gasteiger partial charge is 0.335 e. The highest BCUT2D eigenvalue weighted by Crippen LogP contribution is 2.13. The topological polar surface area (TPSA) is 116 Å². The van der Waals surface area contributed by atoms with Gasteiger partial charge in [0.05, 0.1) is 5.56 Å². The molecule has 0 aliphatic heterocycles. The maximum Gasteiger partial charge on any atom is 0.335 e. The van der Waals surface area contributed by atoms with Crippen molar-refractivity contribution in [2.24, 2.45) is 5.73 Å². The molecule has 21 heavy (non-hydrogen) atoms. The van der Waals surface area contributed by atoms with Gasteiger partial charge in [-0.3, -0.25) is 10.2 Å². The number of nitrogens with two attached hydrogens (primary N) is 1. The molecular formula is C15H13N3O3. The molecule has 1 amide bonds. The summed E-state index contributed by atoms with van der Waals surface area (Å²) in [6.07, 6.45) is 0. The summed E-state index contributed by atoms with van der Waals surface area (Å²) in [5, 5.41) is 18.8. The molecule has 0 aliphatic rings. The van der Waals surface area contributed by atoms with Crippen LogP contribution in [-0.4, -0.2) is 22.8 Å². The third-order valence-electron chi connectivity index (χ3n) is 2.83. The van der Waals surface area contributed by atoms with Gasteiger partial charge in [0, 0.05) is 16.8 Å². The lowest BCUT2D eigenvalue weighted by molar-refractivity contribution is 0.0696. The van der Waals surface area contributed by atoms with Crippen LogP contribution in [0, 0.1) is 5.41 Å². The van der Waals surface area contributed by atoms with Gasteiger partial charge in [0.15, 0.2) is 0 Å². The van der Waals surface area contributed by atoms with Crippen LogP contribution >= 0.6 is 0 Å². The lowest BCUT2D eigenvalue weighted by Crippen LogP contribution is -2.14. The summed E-state index contributed by atoms with van der Waals surface area (Å²) < 4.78 is 0. The molecule has 0 fully saturated rings. The molecule has 0 radical (unpaired) electrons. The van der Waals surface area contributed by atoms with Crippen molar-refractivity contribution in [1.82, 2.24) is 0 Å². The number of carboxylic acid groups (broad SMARTS) is 1. The Bertz CT molecular complexity index is 708. The lowest BCUT2D eigenvalue weighted by atomic mass is 10.1. The average Bonchev–Trinajstić information content (AvgIpc) is 2.47. The lowest BCUT2D eigenvalue weighted by Gasteiger charge is -2.06. The zero-order chi connectivity index (χ0) is 15.4. The van der Waals surface area contributed by atoms with Crippen molar-refractivity contribution in [2.75, 3.05) is 5.32 Å². The highest BCUT2D eigenvalue weighted by Gasteiger charge is 2.08. The molecule has 6 heteroatoms. The Morgan fingerprint density at radius 3 is 2.19 bits per heavy atom. The van der Waals surface area contributed by atoms with Gasteiger partial charge in [0.2, 0.25) is 0 Å². The van der Waals surface area contributed by atoms with Crippen LogP contribution in [0.15, 0.2) is 48.5 Å². The highest BCUT2D eigenvalue weighted by atomic mass is 16.4. The number of nitrogen functional groups attached to an aromatic ring is 1. The van der Waals surface area contributed by atoms with E-state index in [1.807, 2.05) is 0 Å². The van der Waals surface area contributed by atoms with E-state index in [0.29, 0.717) is 16.8 Å². The van der Waals surface area contributed by atoms with Gasteiger partial charge in [-0.2, -0.15) is 0 Å². The van der Waals surface area contributed by atoms with Crippen molar-refractivity contribution >= 4 is 23.4 Å². The molecule has 2 aromatic carbocycles. The molecule has 0 unspecified atom stereocenters. The number of carboxylic acids is 1. The van der Waals surface area contributed by atoms with E-state index in [1.54, 1.807) is 36.4 Å². The number of aromatic carboxylic acids is 1. The quantitative estimate of drug-likeness (QED) is 0.506. The van der Waals surface area contributed by atoms with E-state index in [9.17, 15) is 9.59 Å². The first-order valence-electron chi connectivity index (χ1n) is 6.06. The number of benzene rings is 2. The first kappa shape index (κ1) is 14.3. The first-order valence-corrected chi connectivity index (χ1v) is 6.06. The van der Waals surface area contributed by atoms with Crippen LogP contribution < -0.4 is 11.1 Å². The van der Waals surface area contributed by atoms with E-state index in [0.717, 1.165) is 0 Å². The van der Waals surface area contributed by atoms with Crippen LogP contribution in [0.4, 0.5) is 5.69 Å². The van der Waals surface area contributed by atoms with Crippen molar-refractivity contribution in [3.63, 3.8) is 0 Å². The van der Waals surface area contributed by atoms with Crippen LogP contribution in [-0.2, 0) is 0 Å². The molecule has 0 atom stereocenters. The van der Waals surface area contributed by atoms with Crippen LogP contribution in [0.2, 0.25) is 0 Å². The molecule has 0 bridgehead atoms. The molecule has 0 aromatic heterocycles. The molecule has 0 saturated carbocycles. The van der Waals surface area contributed by atoms with Gasteiger partial charge in [-0.15, -0.1) is 0 Å². The van der Waals surface area contributed by atoms with Crippen LogP contribution in [0.5, 0.6) is 0 Å². The van der Waals surface area contributed by atoms with Gasteiger partial charge in [-0.1, -0.05) is 18.2 Å². The minimum atomic E-state index is -1.06. The second-order valence-electron chi connectivity index (χ2n) is 4.33. The van der Waals surface area contributed by atoms with Crippen molar-refractivity contribution in [1.29, 1.82) is 5.41 Å². The number of carbonyl (C=O) groups excluding carboxylic acids is 1. The summed E-state index contributed by atoms with van der Waals surface area (Å²) in [4.78, 5) is 22.9. The zero-order valence-electron chi connectivity index (χ0n) is 11.0. The Kier molecular flexibility index (Phi) is 3.99. The number of anilines is 1. The number of amidine groups is 1. The molecule has 106 valence electrons. The van der Waals surface area contributed by atoms with E-state index in [2.05, 4.69) is 5.32 Å². The standard InChI is InChI=1S/C15H13N3O3/c16-13(17)9-4-6-10(7-5-9)14(19)18-12-3-1-2-11(8-12)15(20)21/h1-8H,(H3,16,17)(H,18,19)(H,20,21). The average molecular weight is 283 g/mol. The number of rotatable bonds is 4. The van der Waals surface area contributed by atoms with Crippen LogP contribution in [0.25, 0.3) is 0 Å². The van der Waals surface area contributed by atoms with E-state index in [-0.39, 0.29) is 17.3 Å². The summed E-state index contributed by atoms with van der Waals surface area (Å²) in [6, 6.07) is 12.2. The summed E-state index contributed by atoms with van der Waals surface area (Å²) >= 11 is 0. The fourth-order valence-corrected chi connectivity index (χ4v) is 1.73.